The summed E-state index contributed by atoms with van der Waals surface area (Å²) in [6.07, 6.45) is 0. The van der Waals surface area contributed by atoms with Crippen LogP contribution in [0.2, 0.25) is 0 Å². The number of rotatable bonds is 2. The molecule has 230 valence electrons. The zero-order chi connectivity index (χ0) is 32.4. The van der Waals surface area contributed by atoms with Gasteiger partial charge in [-0.2, -0.15) is 0 Å². The Balaban J connectivity index is 1.29. The van der Waals surface area contributed by atoms with Gasteiger partial charge in [0.25, 0.3) is 0 Å². The van der Waals surface area contributed by atoms with Gasteiger partial charge in [0.1, 0.15) is 0 Å². The van der Waals surface area contributed by atoms with Crippen molar-refractivity contribution in [2.24, 2.45) is 0 Å². The van der Waals surface area contributed by atoms with Crippen molar-refractivity contribution in [1.29, 1.82) is 0 Å². The molecule has 0 radical (unpaired) electrons. The van der Waals surface area contributed by atoms with E-state index in [1.165, 1.54) is 99.1 Å². The van der Waals surface area contributed by atoms with E-state index in [1.807, 2.05) is 0 Å². The Morgan fingerprint density at radius 3 is 2.02 bits per heavy atom. The van der Waals surface area contributed by atoms with E-state index >= 15 is 0 Å². The lowest BCUT2D eigenvalue weighted by Crippen LogP contribution is -2.16. The Bertz CT molecular complexity index is 2850. The molecule has 1 heterocycles. The lowest BCUT2D eigenvalue weighted by Gasteiger charge is -2.25. The van der Waals surface area contributed by atoms with Gasteiger partial charge in [-0.15, -0.1) is 0 Å². The van der Waals surface area contributed by atoms with Crippen molar-refractivity contribution >= 4 is 43.4 Å². The second-order valence-corrected chi connectivity index (χ2v) is 14.4. The topological polar surface area (TPSA) is 4.93 Å². The summed E-state index contributed by atoms with van der Waals surface area (Å²) in [7, 11) is 0. The van der Waals surface area contributed by atoms with Gasteiger partial charge in [0, 0.05) is 33.4 Å². The molecule has 1 nitrogen and oxygen atoms in total. The zero-order valence-electron chi connectivity index (χ0n) is 27.5. The van der Waals surface area contributed by atoms with E-state index in [9.17, 15) is 0 Å². The Labute approximate surface area is 285 Å². The van der Waals surface area contributed by atoms with Crippen molar-refractivity contribution < 1.29 is 0 Å². The summed E-state index contributed by atoms with van der Waals surface area (Å²) < 4.78 is 2.58. The maximum absolute atomic E-state index is 2.58. The predicted molar refractivity (Wildman–Crippen MR) is 206 cm³/mol. The van der Waals surface area contributed by atoms with Crippen molar-refractivity contribution in [3.05, 3.63) is 186 Å². The fraction of sp³-hybridized carbons (Fsp3) is 0.0833. The Hall–Kier alpha value is -5.92. The van der Waals surface area contributed by atoms with Gasteiger partial charge in [-0.1, -0.05) is 153 Å². The van der Waals surface area contributed by atoms with Gasteiger partial charge < -0.3 is 4.57 Å². The van der Waals surface area contributed by atoms with Crippen molar-refractivity contribution in [3.63, 3.8) is 0 Å². The number of nitrogens with zero attached hydrogens (tertiary/aromatic N) is 1. The molecule has 0 N–H and O–H groups in total. The van der Waals surface area contributed by atoms with Crippen LogP contribution >= 0.6 is 0 Å². The van der Waals surface area contributed by atoms with Crippen LogP contribution in [0.3, 0.4) is 0 Å². The van der Waals surface area contributed by atoms with Gasteiger partial charge in [0.05, 0.1) is 11.0 Å². The van der Waals surface area contributed by atoms with Crippen LogP contribution in [0.25, 0.3) is 71.3 Å². The van der Waals surface area contributed by atoms with E-state index in [4.69, 9.17) is 0 Å². The lowest BCUT2D eigenvalue weighted by atomic mass is 9.78. The summed E-state index contributed by atoms with van der Waals surface area (Å²) in [4.78, 5) is 0. The Morgan fingerprint density at radius 2 is 1.16 bits per heavy atom. The van der Waals surface area contributed by atoms with Crippen LogP contribution in [0.1, 0.15) is 47.6 Å². The highest BCUT2D eigenvalue weighted by molar-refractivity contribution is 6.28. The third-order valence-electron chi connectivity index (χ3n) is 11.6. The predicted octanol–water partition coefficient (Wildman–Crippen LogP) is 12.6. The molecule has 2 aliphatic carbocycles. The lowest BCUT2D eigenvalue weighted by molar-refractivity contribution is 0.672. The average Bonchev–Trinajstić information content (AvgIpc) is 3.75. The highest BCUT2D eigenvalue weighted by Crippen LogP contribution is 2.58. The molecular weight excluding hydrogens is 591 g/mol. The summed E-state index contributed by atoms with van der Waals surface area (Å²) in [5.74, 6) is 0.230. The molecule has 2 aliphatic rings. The van der Waals surface area contributed by atoms with Crippen LogP contribution in [0.15, 0.2) is 158 Å². The van der Waals surface area contributed by atoms with Crippen molar-refractivity contribution in [3.8, 4) is 27.9 Å². The number of fused-ring (bicyclic) bond motifs is 15. The third kappa shape index (κ3) is 3.44. The number of hydrogen-bond donors (Lipinski definition) is 0. The molecule has 0 saturated heterocycles. The van der Waals surface area contributed by atoms with Crippen molar-refractivity contribution in [1.82, 2.24) is 4.57 Å². The van der Waals surface area contributed by atoms with Crippen LogP contribution in [0, 0.1) is 0 Å². The molecule has 9 aromatic rings. The first-order valence-electron chi connectivity index (χ1n) is 17.4. The SMILES string of the molecule is CC1(C)c2c(ccc3ccccc23)-c2c1c1ccccc1c1c3ccccc3n(-c3ccc4c(c3)-c3ccccc3C4c3ccccc3)c21. The van der Waals surface area contributed by atoms with Gasteiger partial charge in [-0.05, 0) is 84.3 Å². The van der Waals surface area contributed by atoms with E-state index in [0.29, 0.717) is 0 Å². The normalized spacial score (nSPS) is 15.5. The minimum atomic E-state index is -0.180. The van der Waals surface area contributed by atoms with Crippen LogP contribution in [-0.2, 0) is 5.41 Å². The van der Waals surface area contributed by atoms with E-state index in [-0.39, 0.29) is 11.3 Å². The minimum Gasteiger partial charge on any atom is -0.309 e. The summed E-state index contributed by atoms with van der Waals surface area (Å²) in [6.45, 7) is 4.87. The molecule has 0 saturated carbocycles. The molecule has 1 atom stereocenters. The first-order valence-corrected chi connectivity index (χ1v) is 17.4. The number of hydrogen-bond acceptors (Lipinski definition) is 0. The highest BCUT2D eigenvalue weighted by atomic mass is 15.0. The first-order chi connectivity index (χ1) is 24.1. The molecule has 8 aromatic carbocycles. The van der Waals surface area contributed by atoms with Crippen LogP contribution in [0.5, 0.6) is 0 Å². The number of aromatic nitrogens is 1. The zero-order valence-corrected chi connectivity index (χ0v) is 27.5. The largest absolute Gasteiger partial charge is 0.309 e. The van der Waals surface area contributed by atoms with Gasteiger partial charge >= 0.3 is 0 Å². The average molecular weight is 624 g/mol. The summed E-state index contributed by atoms with van der Waals surface area (Å²) in [5, 5.41) is 7.96. The Morgan fingerprint density at radius 1 is 0.490 bits per heavy atom. The quantitative estimate of drug-likeness (QED) is 0.181. The fourth-order valence-electron chi connectivity index (χ4n) is 9.71. The summed E-state index contributed by atoms with van der Waals surface area (Å²) in [5.41, 5.74) is 15.9. The standard InChI is InChI=1S/C48H33N/c1-48(2)45-32-17-7-6-14-29(32)24-26-39(45)44-46(48)37-21-11-10-20-35(37)43-38-22-12-13-23-41(38)49(47(43)44)31-25-27-36-40(28-31)33-18-8-9-19-34(33)42(36)30-15-4-3-5-16-30/h3-28,42H,1-2H3. The molecule has 0 fully saturated rings. The molecule has 0 amide bonds. The van der Waals surface area contributed by atoms with Gasteiger partial charge in [0.15, 0.2) is 0 Å². The molecular formula is C48H33N. The van der Waals surface area contributed by atoms with E-state index in [0.717, 1.165) is 0 Å². The third-order valence-corrected chi connectivity index (χ3v) is 11.6. The maximum Gasteiger partial charge on any atom is 0.0629 e. The van der Waals surface area contributed by atoms with Crippen LogP contribution < -0.4 is 0 Å². The molecule has 1 aromatic heterocycles. The summed E-state index contributed by atoms with van der Waals surface area (Å²) in [6, 6.07) is 59.0. The van der Waals surface area contributed by atoms with Gasteiger partial charge in [-0.25, -0.2) is 0 Å². The summed E-state index contributed by atoms with van der Waals surface area (Å²) >= 11 is 0. The van der Waals surface area contributed by atoms with E-state index < -0.39 is 0 Å². The molecule has 0 aliphatic heterocycles. The fourth-order valence-corrected chi connectivity index (χ4v) is 9.71. The number of benzene rings is 8. The van der Waals surface area contributed by atoms with Gasteiger partial charge in [-0.3, -0.25) is 0 Å². The Kier molecular flexibility index (Phi) is 5.30. The smallest absolute Gasteiger partial charge is 0.0629 e. The van der Waals surface area contributed by atoms with Crippen LogP contribution in [0.4, 0.5) is 0 Å². The molecule has 11 rings (SSSR count). The van der Waals surface area contributed by atoms with Crippen molar-refractivity contribution in [2.75, 3.05) is 0 Å². The maximum atomic E-state index is 2.58. The molecule has 1 unspecified atom stereocenters. The second-order valence-electron chi connectivity index (χ2n) is 14.4. The van der Waals surface area contributed by atoms with E-state index in [2.05, 4.69) is 176 Å². The number of para-hydroxylation sites is 1. The molecule has 0 bridgehead atoms. The monoisotopic (exact) mass is 623 g/mol. The van der Waals surface area contributed by atoms with Gasteiger partial charge in [0.2, 0.25) is 0 Å². The first kappa shape index (κ1) is 27.1. The van der Waals surface area contributed by atoms with Crippen LogP contribution in [-0.4, -0.2) is 4.57 Å². The van der Waals surface area contributed by atoms with E-state index in [1.54, 1.807) is 0 Å². The van der Waals surface area contributed by atoms with Crippen molar-refractivity contribution in [2.45, 2.75) is 25.2 Å². The molecule has 0 spiro atoms. The minimum absolute atomic E-state index is 0.180. The molecule has 49 heavy (non-hydrogen) atoms. The second kappa shape index (κ2) is 9.58. The highest BCUT2D eigenvalue weighted by Gasteiger charge is 2.41. The molecule has 1 heteroatoms.